The number of carbonyl (C=O) groups is 4. The minimum atomic E-state index is -0.936. The molecule has 9 nitrogen and oxygen atoms in total. The molecule has 39 heavy (non-hydrogen) atoms. The number of imide groups is 2. The number of urea groups is 1. The van der Waals surface area contributed by atoms with Crippen molar-refractivity contribution >= 4 is 70.4 Å². The summed E-state index contributed by atoms with van der Waals surface area (Å²) in [5.74, 6) is -1.87. The molecule has 0 saturated carbocycles. The Hall–Kier alpha value is -4.05. The van der Waals surface area contributed by atoms with Gasteiger partial charge in [0.2, 0.25) is 0 Å². The Morgan fingerprint density at radius 3 is 2.28 bits per heavy atom. The summed E-state index contributed by atoms with van der Waals surface area (Å²) in [6.07, 6.45) is 1.27. The molecule has 3 aromatic carbocycles. The zero-order chi connectivity index (χ0) is 28.3. The fraction of sp³-hybridized carbons (Fsp3) is 0.111. The number of rotatable bonds is 7. The number of barbiturate groups is 1. The summed E-state index contributed by atoms with van der Waals surface area (Å²) in [6, 6.07) is 12.7. The molecule has 0 spiro atoms. The number of methoxy groups -OCH3 is 2. The summed E-state index contributed by atoms with van der Waals surface area (Å²) in [6.45, 7) is 0.111. The molecule has 200 valence electrons. The zero-order valence-corrected chi connectivity index (χ0v) is 22.7. The fourth-order valence-corrected chi connectivity index (χ4v) is 4.27. The van der Waals surface area contributed by atoms with Crippen LogP contribution in [0.3, 0.4) is 0 Å². The van der Waals surface area contributed by atoms with Gasteiger partial charge in [-0.05, 0) is 65.7 Å². The molecule has 0 bridgehead atoms. The predicted octanol–water partition coefficient (Wildman–Crippen LogP) is 5.69. The van der Waals surface area contributed by atoms with E-state index < -0.39 is 23.8 Å². The van der Waals surface area contributed by atoms with E-state index in [1.807, 2.05) is 0 Å². The topological polar surface area (TPSA) is 111 Å². The molecule has 0 atom stereocenters. The lowest BCUT2D eigenvalue weighted by molar-refractivity contribution is -0.122. The van der Waals surface area contributed by atoms with Crippen molar-refractivity contribution in [2.45, 2.75) is 6.61 Å². The maximum atomic E-state index is 13.2. The van der Waals surface area contributed by atoms with Gasteiger partial charge in [0.15, 0.2) is 11.5 Å². The number of hydrogen-bond acceptors (Lipinski definition) is 7. The monoisotopic (exact) mass is 588 g/mol. The van der Waals surface area contributed by atoms with E-state index in [0.29, 0.717) is 15.6 Å². The second-order valence-corrected chi connectivity index (χ2v) is 9.29. The first-order valence-electron chi connectivity index (χ1n) is 11.2. The minimum Gasteiger partial charge on any atom is -0.493 e. The molecular weight excluding hydrogens is 571 g/mol. The highest BCUT2D eigenvalue weighted by Gasteiger charge is 2.37. The molecule has 1 heterocycles. The van der Waals surface area contributed by atoms with Gasteiger partial charge in [0.25, 0.3) is 11.8 Å². The zero-order valence-electron chi connectivity index (χ0n) is 20.4. The lowest BCUT2D eigenvalue weighted by atomic mass is 10.1. The summed E-state index contributed by atoms with van der Waals surface area (Å²) >= 11 is 18.5. The molecular formula is C27H19Cl3N2O7. The summed E-state index contributed by atoms with van der Waals surface area (Å²) in [5.41, 5.74) is 1.12. The Kier molecular flexibility index (Phi) is 8.44. The van der Waals surface area contributed by atoms with E-state index in [4.69, 9.17) is 44.3 Å². The van der Waals surface area contributed by atoms with Crippen LogP contribution in [0.2, 0.25) is 15.1 Å². The molecule has 0 unspecified atom stereocenters. The number of amides is 4. The van der Waals surface area contributed by atoms with Crippen molar-refractivity contribution in [2.24, 2.45) is 0 Å². The van der Waals surface area contributed by atoms with Crippen LogP contribution in [-0.4, -0.2) is 38.0 Å². The number of esters is 1. The van der Waals surface area contributed by atoms with Gasteiger partial charge in [0.1, 0.15) is 12.2 Å². The van der Waals surface area contributed by atoms with Crippen LogP contribution in [0.15, 0.2) is 60.2 Å². The number of nitrogens with zero attached hydrogens (tertiary/aromatic N) is 1. The Morgan fingerprint density at radius 1 is 0.923 bits per heavy atom. The van der Waals surface area contributed by atoms with Crippen LogP contribution in [0.1, 0.15) is 21.5 Å². The molecule has 0 aromatic heterocycles. The van der Waals surface area contributed by atoms with Crippen molar-refractivity contribution in [2.75, 3.05) is 19.1 Å². The average Bonchev–Trinajstić information content (AvgIpc) is 2.91. The largest absolute Gasteiger partial charge is 0.493 e. The third kappa shape index (κ3) is 6.01. The molecule has 1 aliphatic heterocycles. The molecule has 3 aromatic rings. The first-order valence-corrected chi connectivity index (χ1v) is 12.3. The highest BCUT2D eigenvalue weighted by Crippen LogP contribution is 2.38. The smallest absolute Gasteiger partial charge is 0.337 e. The van der Waals surface area contributed by atoms with Gasteiger partial charge in [-0.2, -0.15) is 0 Å². The highest BCUT2D eigenvalue weighted by atomic mass is 35.5. The van der Waals surface area contributed by atoms with Gasteiger partial charge in [0, 0.05) is 0 Å². The Morgan fingerprint density at radius 2 is 1.64 bits per heavy atom. The molecule has 0 aliphatic carbocycles. The van der Waals surface area contributed by atoms with E-state index >= 15 is 0 Å². The molecule has 1 N–H and O–H groups in total. The van der Waals surface area contributed by atoms with Crippen LogP contribution in [0.4, 0.5) is 10.5 Å². The highest BCUT2D eigenvalue weighted by molar-refractivity contribution is 6.42. The van der Waals surface area contributed by atoms with Crippen LogP contribution in [0, 0.1) is 0 Å². The van der Waals surface area contributed by atoms with Crippen molar-refractivity contribution in [1.29, 1.82) is 0 Å². The van der Waals surface area contributed by atoms with Gasteiger partial charge >= 0.3 is 12.0 Å². The second kappa shape index (κ2) is 11.8. The normalized spacial score (nSPS) is 14.3. The van der Waals surface area contributed by atoms with Gasteiger partial charge < -0.3 is 14.2 Å². The van der Waals surface area contributed by atoms with Gasteiger partial charge in [-0.3, -0.25) is 14.9 Å². The number of anilines is 1. The van der Waals surface area contributed by atoms with Crippen molar-refractivity contribution in [1.82, 2.24) is 5.32 Å². The lowest BCUT2D eigenvalue weighted by Gasteiger charge is -2.26. The van der Waals surface area contributed by atoms with Crippen molar-refractivity contribution in [3.63, 3.8) is 0 Å². The van der Waals surface area contributed by atoms with Gasteiger partial charge in [-0.25, -0.2) is 14.5 Å². The van der Waals surface area contributed by atoms with Crippen molar-refractivity contribution in [3.8, 4) is 11.5 Å². The number of ether oxygens (including phenoxy) is 3. The quantitative estimate of drug-likeness (QED) is 0.214. The first kappa shape index (κ1) is 28.0. The first-order chi connectivity index (χ1) is 18.6. The number of hydrogen-bond donors (Lipinski definition) is 1. The average molecular weight is 590 g/mol. The predicted molar refractivity (Wildman–Crippen MR) is 146 cm³/mol. The SMILES string of the molecule is COC(=O)c1ccc(N2C(=O)NC(=O)/C(=C\c3cc(Cl)c(OCc4ccc(Cl)c(Cl)c4)c(OC)c3)C2=O)cc1. The lowest BCUT2D eigenvalue weighted by Crippen LogP contribution is -2.54. The Labute approximate surface area is 237 Å². The standard InChI is InChI=1S/C27H19Cl3N2O7/c1-37-22-12-15(11-21(30)23(22)39-13-14-3-8-19(28)20(29)10-14)9-18-24(33)31-27(36)32(25(18)34)17-6-4-16(5-7-17)26(35)38-2/h3-12H,13H2,1-2H3,(H,31,33,36)/b18-9+. The van der Waals surface area contributed by atoms with Crippen molar-refractivity contribution in [3.05, 3.63) is 91.9 Å². The van der Waals surface area contributed by atoms with Crippen LogP contribution >= 0.6 is 34.8 Å². The van der Waals surface area contributed by atoms with Crippen LogP contribution in [-0.2, 0) is 20.9 Å². The van der Waals surface area contributed by atoms with Crippen LogP contribution in [0.5, 0.6) is 11.5 Å². The Bertz CT molecular complexity index is 1520. The van der Waals surface area contributed by atoms with E-state index in [-0.39, 0.29) is 40.0 Å². The summed E-state index contributed by atoms with van der Waals surface area (Å²) in [7, 11) is 2.64. The molecule has 4 amide bonds. The van der Waals surface area contributed by atoms with Gasteiger partial charge in [0.05, 0.1) is 40.5 Å². The third-order valence-electron chi connectivity index (χ3n) is 5.58. The molecule has 1 aliphatic rings. The number of carbonyl (C=O) groups excluding carboxylic acids is 4. The maximum Gasteiger partial charge on any atom is 0.337 e. The van der Waals surface area contributed by atoms with E-state index in [0.717, 1.165) is 10.5 Å². The number of halogens is 3. The third-order valence-corrected chi connectivity index (χ3v) is 6.60. The molecule has 4 rings (SSSR count). The van der Waals surface area contributed by atoms with Gasteiger partial charge in [-0.1, -0.05) is 40.9 Å². The van der Waals surface area contributed by atoms with Gasteiger partial charge in [-0.15, -0.1) is 0 Å². The second-order valence-electron chi connectivity index (χ2n) is 8.07. The molecule has 1 fully saturated rings. The summed E-state index contributed by atoms with van der Waals surface area (Å²) < 4.78 is 15.9. The molecule has 0 radical (unpaired) electrons. The summed E-state index contributed by atoms with van der Waals surface area (Å²) in [5, 5.41) is 3.07. The van der Waals surface area contributed by atoms with Crippen LogP contribution in [0.25, 0.3) is 6.08 Å². The maximum absolute atomic E-state index is 13.2. The number of benzene rings is 3. The van der Waals surface area contributed by atoms with E-state index in [1.165, 1.54) is 56.7 Å². The number of nitrogens with one attached hydrogen (secondary N) is 1. The van der Waals surface area contributed by atoms with E-state index in [9.17, 15) is 19.2 Å². The minimum absolute atomic E-state index is 0.111. The van der Waals surface area contributed by atoms with E-state index in [1.54, 1.807) is 18.2 Å². The van der Waals surface area contributed by atoms with Crippen LogP contribution < -0.4 is 19.7 Å². The van der Waals surface area contributed by atoms with E-state index in [2.05, 4.69) is 10.1 Å². The molecule has 12 heteroatoms. The summed E-state index contributed by atoms with van der Waals surface area (Å²) in [4.78, 5) is 50.8. The van der Waals surface area contributed by atoms with Crippen molar-refractivity contribution < 1.29 is 33.4 Å². The Balaban J connectivity index is 1.61. The fourth-order valence-electron chi connectivity index (χ4n) is 3.67. The molecule has 1 saturated heterocycles.